The average molecular weight is 366 g/mol. The summed E-state index contributed by atoms with van der Waals surface area (Å²) in [7, 11) is 0. The fourth-order valence-electron chi connectivity index (χ4n) is 7.78. The maximum absolute atomic E-state index is 12.5. The number of carboxylic acid groups (broad SMARTS) is 4. The molecule has 8 nitrogen and oxygen atoms in total. The van der Waals surface area contributed by atoms with E-state index in [0.717, 1.165) is 12.8 Å². The second kappa shape index (κ2) is 4.78. The molecule has 2 atom stereocenters. The quantitative estimate of drug-likeness (QED) is 0.537. The molecule has 4 rings (SSSR count). The summed E-state index contributed by atoms with van der Waals surface area (Å²) in [6.45, 7) is 0. The molecule has 4 N–H and O–H groups in total. The van der Waals surface area contributed by atoms with E-state index >= 15 is 0 Å². The molecule has 0 radical (unpaired) electrons. The molecule has 0 aromatic heterocycles. The van der Waals surface area contributed by atoms with Crippen LogP contribution >= 0.6 is 0 Å². The van der Waals surface area contributed by atoms with Gasteiger partial charge in [0.1, 0.15) is 0 Å². The summed E-state index contributed by atoms with van der Waals surface area (Å²) < 4.78 is 0. The third-order valence-corrected chi connectivity index (χ3v) is 8.51. The Kier molecular flexibility index (Phi) is 3.18. The molecule has 4 aliphatic carbocycles. The van der Waals surface area contributed by atoms with Crippen molar-refractivity contribution < 1.29 is 39.6 Å². The molecule has 8 heteroatoms. The predicted molar refractivity (Wildman–Crippen MR) is 84.2 cm³/mol. The van der Waals surface area contributed by atoms with Gasteiger partial charge in [0.15, 0.2) is 10.8 Å². The van der Waals surface area contributed by atoms with Crippen molar-refractivity contribution in [2.45, 2.75) is 51.4 Å². The molecular weight excluding hydrogens is 344 g/mol. The molecule has 0 heterocycles. The van der Waals surface area contributed by atoms with Crippen LogP contribution in [0.15, 0.2) is 0 Å². The van der Waals surface area contributed by atoms with Gasteiger partial charge in [-0.3, -0.25) is 19.2 Å². The molecule has 26 heavy (non-hydrogen) atoms. The first kappa shape index (κ1) is 17.3. The highest BCUT2D eigenvalue weighted by Crippen LogP contribution is 2.82. The number of hydrogen-bond acceptors (Lipinski definition) is 4. The molecule has 0 saturated heterocycles. The topological polar surface area (TPSA) is 149 Å². The van der Waals surface area contributed by atoms with Gasteiger partial charge in [0.25, 0.3) is 0 Å². The van der Waals surface area contributed by atoms with Crippen molar-refractivity contribution >= 4 is 23.9 Å². The second-order valence-electron chi connectivity index (χ2n) is 8.73. The molecule has 142 valence electrons. The Morgan fingerprint density at radius 2 is 1.23 bits per heavy atom. The van der Waals surface area contributed by atoms with Gasteiger partial charge in [0.05, 0.1) is 0 Å². The number of carboxylic acids is 4. The number of rotatable bonds is 5. The van der Waals surface area contributed by atoms with Crippen molar-refractivity contribution in [2.24, 2.45) is 33.5 Å². The highest BCUT2D eigenvalue weighted by molar-refractivity contribution is 6.15. The Morgan fingerprint density at radius 3 is 1.62 bits per heavy atom. The van der Waals surface area contributed by atoms with Gasteiger partial charge >= 0.3 is 23.9 Å². The van der Waals surface area contributed by atoms with Gasteiger partial charge in [0.2, 0.25) is 0 Å². The molecule has 4 aliphatic rings. The van der Waals surface area contributed by atoms with Crippen LogP contribution in [0, 0.1) is 33.5 Å². The maximum Gasteiger partial charge on any atom is 0.323 e. The van der Waals surface area contributed by atoms with E-state index in [0.29, 0.717) is 25.2 Å². The van der Waals surface area contributed by atoms with Crippen LogP contribution in [0.25, 0.3) is 0 Å². The first-order chi connectivity index (χ1) is 12.1. The Balaban J connectivity index is 2.07. The summed E-state index contributed by atoms with van der Waals surface area (Å²) in [5.41, 5.74) is -7.60. The minimum Gasteiger partial charge on any atom is -0.480 e. The second-order valence-corrected chi connectivity index (χ2v) is 8.73. The monoisotopic (exact) mass is 366 g/mol. The number of carbonyl (C=O) groups is 4. The van der Waals surface area contributed by atoms with Gasteiger partial charge in [-0.25, -0.2) is 0 Å². The lowest BCUT2D eigenvalue weighted by atomic mass is 9.43. The summed E-state index contributed by atoms with van der Waals surface area (Å²) >= 11 is 0. The summed E-state index contributed by atoms with van der Waals surface area (Å²) in [6.07, 6.45) is 4.29. The minimum atomic E-state index is -2.85. The first-order valence-corrected chi connectivity index (χ1v) is 9.06. The van der Waals surface area contributed by atoms with Crippen LogP contribution in [-0.4, -0.2) is 44.3 Å². The van der Waals surface area contributed by atoms with Crippen molar-refractivity contribution in [3.63, 3.8) is 0 Å². The number of hydrogen-bond donors (Lipinski definition) is 4. The van der Waals surface area contributed by atoms with E-state index in [2.05, 4.69) is 0 Å². The standard InChI is InChI=1S/C18H22O8/c19-11(20)17(12(21)22)10-3-6-16(8-10,18(17,13(23)24)14(25)26)15-4-1-9(7-15)2-5-15/h9-10H,1-8H2,(H,19,20)(H,21,22)(H,23,24)(H,25,26). The molecule has 4 fully saturated rings. The highest BCUT2D eigenvalue weighted by Gasteiger charge is 2.90. The smallest absolute Gasteiger partial charge is 0.323 e. The summed E-state index contributed by atoms with van der Waals surface area (Å²) in [4.78, 5) is 49.5. The summed E-state index contributed by atoms with van der Waals surface area (Å²) in [5, 5.41) is 40.1. The van der Waals surface area contributed by atoms with Gasteiger partial charge in [-0.15, -0.1) is 0 Å². The number of aliphatic carboxylic acids is 4. The fourth-order valence-corrected chi connectivity index (χ4v) is 7.78. The Bertz CT molecular complexity index is 703. The van der Waals surface area contributed by atoms with E-state index in [4.69, 9.17) is 0 Å². The average Bonchev–Trinajstić information content (AvgIpc) is 3.30. The van der Waals surface area contributed by atoms with Crippen molar-refractivity contribution in [2.75, 3.05) is 0 Å². The van der Waals surface area contributed by atoms with E-state index in [9.17, 15) is 39.6 Å². The molecule has 0 aliphatic heterocycles. The van der Waals surface area contributed by atoms with Crippen molar-refractivity contribution in [1.82, 2.24) is 0 Å². The van der Waals surface area contributed by atoms with Crippen LogP contribution < -0.4 is 0 Å². The fraction of sp³-hybridized carbons (Fsp3) is 0.778. The van der Waals surface area contributed by atoms with Crippen molar-refractivity contribution in [1.29, 1.82) is 0 Å². The van der Waals surface area contributed by atoms with Crippen LogP contribution in [0.2, 0.25) is 0 Å². The van der Waals surface area contributed by atoms with Crippen LogP contribution in [0.1, 0.15) is 51.4 Å². The predicted octanol–water partition coefficient (Wildman–Crippen LogP) is 1.68. The van der Waals surface area contributed by atoms with Crippen molar-refractivity contribution in [3.8, 4) is 0 Å². The van der Waals surface area contributed by atoms with E-state index in [-0.39, 0.29) is 19.3 Å². The maximum atomic E-state index is 12.5. The highest BCUT2D eigenvalue weighted by atomic mass is 16.4. The first-order valence-electron chi connectivity index (χ1n) is 9.06. The normalized spacial score (nSPS) is 41.2. The molecule has 0 spiro atoms. The Labute approximate surface area is 149 Å². The van der Waals surface area contributed by atoms with E-state index in [1.165, 1.54) is 0 Å². The van der Waals surface area contributed by atoms with Crippen LogP contribution in [0.4, 0.5) is 0 Å². The van der Waals surface area contributed by atoms with E-state index < -0.39 is 51.5 Å². The third kappa shape index (κ3) is 1.39. The van der Waals surface area contributed by atoms with E-state index in [1.807, 2.05) is 0 Å². The largest absolute Gasteiger partial charge is 0.480 e. The van der Waals surface area contributed by atoms with E-state index in [1.54, 1.807) is 0 Å². The Morgan fingerprint density at radius 1 is 0.692 bits per heavy atom. The summed E-state index contributed by atoms with van der Waals surface area (Å²) in [5.74, 6) is -7.91. The SMILES string of the molecule is O=C(O)C1(C(=O)O)C2CCC(C34CCC(CC3)C4)(C2)C1(C(=O)O)C(=O)O. The molecule has 4 bridgehead atoms. The molecule has 0 aromatic carbocycles. The molecular formula is C18H22O8. The van der Waals surface area contributed by atoms with Crippen molar-refractivity contribution in [3.05, 3.63) is 0 Å². The minimum absolute atomic E-state index is 0.0525. The molecule has 2 unspecified atom stereocenters. The van der Waals surface area contributed by atoms with Gasteiger partial charge in [-0.2, -0.15) is 0 Å². The lowest BCUT2D eigenvalue weighted by molar-refractivity contribution is -0.217. The molecule has 0 amide bonds. The third-order valence-electron chi connectivity index (χ3n) is 8.51. The van der Waals surface area contributed by atoms with Crippen LogP contribution in [-0.2, 0) is 19.2 Å². The zero-order valence-corrected chi connectivity index (χ0v) is 14.2. The lowest BCUT2D eigenvalue weighted by Crippen LogP contribution is -2.69. The molecule has 0 aromatic rings. The number of fused-ring (bicyclic) bond motifs is 5. The van der Waals surface area contributed by atoms with Crippen LogP contribution in [0.5, 0.6) is 0 Å². The van der Waals surface area contributed by atoms with Gasteiger partial charge in [-0.05, 0) is 68.6 Å². The lowest BCUT2D eigenvalue weighted by Gasteiger charge is -2.55. The van der Waals surface area contributed by atoms with Gasteiger partial charge < -0.3 is 20.4 Å². The van der Waals surface area contributed by atoms with Gasteiger partial charge in [0, 0.05) is 5.41 Å². The zero-order valence-electron chi connectivity index (χ0n) is 14.2. The zero-order chi connectivity index (χ0) is 19.1. The molecule has 4 saturated carbocycles. The Hall–Kier alpha value is -2.12. The van der Waals surface area contributed by atoms with Gasteiger partial charge in [-0.1, -0.05) is 0 Å². The summed E-state index contributed by atoms with van der Waals surface area (Å²) in [6, 6.07) is 0. The van der Waals surface area contributed by atoms with Crippen LogP contribution in [0.3, 0.4) is 0 Å².